The summed E-state index contributed by atoms with van der Waals surface area (Å²) in [5.41, 5.74) is 1.45. The molecule has 3 unspecified atom stereocenters. The van der Waals surface area contributed by atoms with Crippen LogP contribution in [0.5, 0.6) is 0 Å². The molecule has 2 aliphatic heterocycles. The Balaban J connectivity index is 1.56. The summed E-state index contributed by atoms with van der Waals surface area (Å²) < 4.78 is 0. The van der Waals surface area contributed by atoms with Gasteiger partial charge in [0.1, 0.15) is 0 Å². The molecule has 0 bridgehead atoms. The zero-order chi connectivity index (χ0) is 14.7. The van der Waals surface area contributed by atoms with Crippen LogP contribution >= 0.6 is 0 Å². The molecule has 0 spiro atoms. The zero-order valence-corrected chi connectivity index (χ0v) is 13.5. The van der Waals surface area contributed by atoms with Crippen molar-refractivity contribution in [2.45, 2.75) is 44.3 Å². The van der Waals surface area contributed by atoms with Crippen molar-refractivity contribution in [3.63, 3.8) is 0 Å². The molecule has 0 radical (unpaired) electrons. The highest BCUT2D eigenvalue weighted by molar-refractivity contribution is 5.16. The molecule has 3 rings (SSSR count). The quantitative estimate of drug-likeness (QED) is 0.917. The van der Waals surface area contributed by atoms with Gasteiger partial charge in [-0.1, -0.05) is 30.3 Å². The Kier molecular flexibility index (Phi) is 4.94. The Morgan fingerprint density at radius 2 is 2.00 bits per heavy atom. The molecule has 3 atom stereocenters. The van der Waals surface area contributed by atoms with Crippen molar-refractivity contribution in [2.75, 3.05) is 33.2 Å². The first-order valence-corrected chi connectivity index (χ1v) is 8.44. The van der Waals surface area contributed by atoms with Gasteiger partial charge in [-0.25, -0.2) is 0 Å². The van der Waals surface area contributed by atoms with E-state index in [4.69, 9.17) is 0 Å². The van der Waals surface area contributed by atoms with Crippen LogP contribution in [-0.2, 0) is 6.42 Å². The number of hydrogen-bond donors (Lipinski definition) is 1. The highest BCUT2D eigenvalue weighted by Crippen LogP contribution is 2.22. The van der Waals surface area contributed by atoms with Crippen LogP contribution in [0.4, 0.5) is 0 Å². The molecule has 21 heavy (non-hydrogen) atoms. The Labute approximate surface area is 129 Å². The molecule has 1 N–H and O–H groups in total. The summed E-state index contributed by atoms with van der Waals surface area (Å²) in [5.74, 6) is 0. The van der Waals surface area contributed by atoms with Crippen molar-refractivity contribution in [1.82, 2.24) is 15.1 Å². The SMILES string of the molecule is CC1CC(N2CCNC(Cc3ccccc3)C2)CCN1C. The van der Waals surface area contributed by atoms with Crippen molar-refractivity contribution >= 4 is 0 Å². The van der Waals surface area contributed by atoms with Crippen LogP contribution in [0.1, 0.15) is 25.3 Å². The molecule has 2 heterocycles. The van der Waals surface area contributed by atoms with Gasteiger partial charge in [0.25, 0.3) is 0 Å². The van der Waals surface area contributed by atoms with Crippen LogP contribution in [0.3, 0.4) is 0 Å². The van der Waals surface area contributed by atoms with Crippen LogP contribution in [0.15, 0.2) is 30.3 Å². The van der Waals surface area contributed by atoms with Gasteiger partial charge in [0, 0.05) is 37.8 Å². The fourth-order valence-electron chi connectivity index (χ4n) is 3.81. The Morgan fingerprint density at radius 1 is 1.19 bits per heavy atom. The van der Waals surface area contributed by atoms with Gasteiger partial charge in [-0.2, -0.15) is 0 Å². The maximum atomic E-state index is 3.70. The lowest BCUT2D eigenvalue weighted by Crippen LogP contribution is -2.57. The van der Waals surface area contributed by atoms with Gasteiger partial charge in [0.15, 0.2) is 0 Å². The number of hydrogen-bond acceptors (Lipinski definition) is 3. The van der Waals surface area contributed by atoms with Gasteiger partial charge in [0.05, 0.1) is 0 Å². The van der Waals surface area contributed by atoms with Gasteiger partial charge < -0.3 is 10.2 Å². The molecular formula is C18H29N3. The van der Waals surface area contributed by atoms with E-state index in [1.807, 2.05) is 0 Å². The molecule has 1 aromatic carbocycles. The first-order chi connectivity index (χ1) is 10.2. The Hall–Kier alpha value is -0.900. The molecule has 3 heteroatoms. The third-order valence-electron chi connectivity index (χ3n) is 5.31. The van der Waals surface area contributed by atoms with Gasteiger partial charge in [-0.05, 0) is 45.3 Å². The Bertz CT molecular complexity index is 433. The van der Waals surface area contributed by atoms with Crippen LogP contribution in [0.2, 0.25) is 0 Å². The third kappa shape index (κ3) is 3.85. The fourth-order valence-corrected chi connectivity index (χ4v) is 3.81. The lowest BCUT2D eigenvalue weighted by atomic mass is 9.95. The second kappa shape index (κ2) is 6.91. The Morgan fingerprint density at radius 3 is 2.76 bits per heavy atom. The second-order valence-corrected chi connectivity index (χ2v) is 6.84. The summed E-state index contributed by atoms with van der Waals surface area (Å²) in [6.07, 6.45) is 3.81. The number of nitrogens with zero attached hydrogens (tertiary/aromatic N) is 2. The minimum Gasteiger partial charge on any atom is -0.311 e. The molecule has 116 valence electrons. The van der Waals surface area contributed by atoms with Crippen LogP contribution in [0.25, 0.3) is 0 Å². The molecule has 0 saturated carbocycles. The smallest absolute Gasteiger partial charge is 0.0236 e. The highest BCUT2D eigenvalue weighted by Gasteiger charge is 2.30. The standard InChI is InChI=1S/C18H29N3/c1-15-12-18(8-10-20(15)2)21-11-9-19-17(14-21)13-16-6-4-3-5-7-16/h3-7,15,17-19H,8-14H2,1-2H3. The number of piperazine rings is 1. The summed E-state index contributed by atoms with van der Waals surface area (Å²) in [4.78, 5) is 5.24. The molecule has 0 aromatic heterocycles. The van der Waals surface area contributed by atoms with E-state index < -0.39 is 0 Å². The van der Waals surface area contributed by atoms with Crippen LogP contribution < -0.4 is 5.32 Å². The summed E-state index contributed by atoms with van der Waals surface area (Å²) in [5, 5.41) is 3.70. The molecule has 1 aromatic rings. The number of piperidine rings is 1. The highest BCUT2D eigenvalue weighted by atomic mass is 15.2. The van der Waals surface area contributed by atoms with Crippen LogP contribution in [-0.4, -0.2) is 61.2 Å². The van der Waals surface area contributed by atoms with Gasteiger partial charge in [-0.15, -0.1) is 0 Å². The van der Waals surface area contributed by atoms with E-state index in [1.54, 1.807) is 0 Å². The zero-order valence-electron chi connectivity index (χ0n) is 13.5. The van der Waals surface area contributed by atoms with Gasteiger partial charge >= 0.3 is 0 Å². The molecule has 2 saturated heterocycles. The van der Waals surface area contributed by atoms with Crippen molar-refractivity contribution < 1.29 is 0 Å². The summed E-state index contributed by atoms with van der Waals surface area (Å²) in [6, 6.07) is 13.0. The predicted octanol–water partition coefficient (Wildman–Crippen LogP) is 1.99. The van der Waals surface area contributed by atoms with Crippen molar-refractivity contribution in [3.05, 3.63) is 35.9 Å². The van der Waals surface area contributed by atoms with E-state index in [2.05, 4.69) is 59.4 Å². The van der Waals surface area contributed by atoms with Gasteiger partial charge in [0.2, 0.25) is 0 Å². The minimum atomic E-state index is 0.608. The summed E-state index contributed by atoms with van der Waals surface area (Å²) in [7, 11) is 2.26. The average molecular weight is 287 g/mol. The van der Waals surface area contributed by atoms with E-state index in [9.17, 15) is 0 Å². The first kappa shape index (κ1) is 15.0. The molecule has 2 aliphatic rings. The van der Waals surface area contributed by atoms with Crippen LogP contribution in [0, 0.1) is 0 Å². The normalized spacial score (nSPS) is 32.2. The second-order valence-electron chi connectivity index (χ2n) is 6.84. The number of likely N-dealkylation sites (tertiary alicyclic amines) is 1. The van der Waals surface area contributed by atoms with Crippen molar-refractivity contribution in [3.8, 4) is 0 Å². The number of benzene rings is 1. The molecule has 3 nitrogen and oxygen atoms in total. The maximum absolute atomic E-state index is 3.70. The maximum Gasteiger partial charge on any atom is 0.0236 e. The lowest BCUT2D eigenvalue weighted by molar-refractivity contribution is 0.0672. The monoisotopic (exact) mass is 287 g/mol. The van der Waals surface area contributed by atoms with E-state index in [-0.39, 0.29) is 0 Å². The fraction of sp³-hybridized carbons (Fsp3) is 0.667. The van der Waals surface area contributed by atoms with Gasteiger partial charge in [-0.3, -0.25) is 4.90 Å². The predicted molar refractivity (Wildman–Crippen MR) is 88.6 cm³/mol. The van der Waals surface area contributed by atoms with Crippen molar-refractivity contribution in [2.24, 2.45) is 0 Å². The lowest BCUT2D eigenvalue weighted by Gasteiger charge is -2.44. The molecule has 0 aliphatic carbocycles. The van der Waals surface area contributed by atoms with E-state index in [0.29, 0.717) is 6.04 Å². The summed E-state index contributed by atoms with van der Waals surface area (Å²) in [6.45, 7) is 7.18. The largest absolute Gasteiger partial charge is 0.311 e. The van der Waals surface area contributed by atoms with E-state index >= 15 is 0 Å². The minimum absolute atomic E-state index is 0.608. The number of nitrogens with one attached hydrogen (secondary N) is 1. The third-order valence-corrected chi connectivity index (χ3v) is 5.31. The average Bonchev–Trinajstić information content (AvgIpc) is 2.51. The molecule has 0 amide bonds. The summed E-state index contributed by atoms with van der Waals surface area (Å²) >= 11 is 0. The molecule has 2 fully saturated rings. The van der Waals surface area contributed by atoms with Crippen molar-refractivity contribution in [1.29, 1.82) is 0 Å². The van der Waals surface area contributed by atoms with E-state index in [1.165, 1.54) is 38.0 Å². The van der Waals surface area contributed by atoms with E-state index in [0.717, 1.165) is 25.0 Å². The first-order valence-electron chi connectivity index (χ1n) is 8.44. The number of rotatable bonds is 3. The topological polar surface area (TPSA) is 18.5 Å². The molecular weight excluding hydrogens is 258 g/mol.